The molecular weight excluding hydrogens is 282 g/mol. The summed E-state index contributed by atoms with van der Waals surface area (Å²) in [6.07, 6.45) is 1.66. The van der Waals surface area contributed by atoms with E-state index in [0.717, 1.165) is 17.0 Å². The molecule has 1 aliphatic rings. The van der Waals surface area contributed by atoms with E-state index in [1.807, 2.05) is 4.90 Å². The summed E-state index contributed by atoms with van der Waals surface area (Å²) in [5.41, 5.74) is 2.05. The van der Waals surface area contributed by atoms with Gasteiger partial charge in [-0.2, -0.15) is 0 Å². The van der Waals surface area contributed by atoms with Gasteiger partial charge >= 0.3 is 0 Å². The minimum Gasteiger partial charge on any atom is -0.392 e. The Balaban J connectivity index is 1.87. The lowest BCUT2D eigenvalue weighted by molar-refractivity contribution is 0.173. The van der Waals surface area contributed by atoms with Crippen LogP contribution in [-0.4, -0.2) is 27.6 Å². The van der Waals surface area contributed by atoms with Crippen LogP contribution in [0.15, 0.2) is 29.9 Å². The van der Waals surface area contributed by atoms with Crippen LogP contribution in [0.1, 0.15) is 22.9 Å². The zero-order chi connectivity index (χ0) is 14.1. The Morgan fingerprint density at radius 1 is 1.40 bits per heavy atom. The molecule has 20 heavy (non-hydrogen) atoms. The van der Waals surface area contributed by atoms with Crippen molar-refractivity contribution in [3.05, 3.63) is 52.0 Å². The average Bonchev–Trinajstić information content (AvgIpc) is 3.03. The van der Waals surface area contributed by atoms with E-state index in [9.17, 15) is 13.9 Å². The van der Waals surface area contributed by atoms with E-state index >= 15 is 0 Å². The van der Waals surface area contributed by atoms with Crippen LogP contribution in [0.3, 0.4) is 0 Å². The predicted octanol–water partition coefficient (Wildman–Crippen LogP) is 2.73. The first kappa shape index (κ1) is 13.6. The molecule has 2 atom stereocenters. The second-order valence-corrected chi connectivity index (χ2v) is 5.94. The monoisotopic (exact) mass is 296 g/mol. The van der Waals surface area contributed by atoms with E-state index in [2.05, 4.69) is 4.98 Å². The Kier molecular flexibility index (Phi) is 3.78. The van der Waals surface area contributed by atoms with Gasteiger partial charge in [0.2, 0.25) is 0 Å². The number of rotatable bonds is 3. The van der Waals surface area contributed by atoms with E-state index in [1.54, 1.807) is 11.7 Å². The Hall–Kier alpha value is -1.37. The number of benzene rings is 1. The second kappa shape index (κ2) is 5.55. The molecule has 0 radical (unpaired) electrons. The van der Waals surface area contributed by atoms with Gasteiger partial charge in [0.15, 0.2) is 0 Å². The van der Waals surface area contributed by atoms with Gasteiger partial charge < -0.3 is 5.11 Å². The standard InChI is InChI=1S/C14H14F2N2OS/c15-9-1-2-13(16)12(3-9)14-4-10(19)6-18(14)7-11-5-17-8-20-11/h1-3,5,8,10,14,19H,4,6-7H2. The molecule has 2 unspecified atom stereocenters. The highest BCUT2D eigenvalue weighted by Crippen LogP contribution is 2.35. The van der Waals surface area contributed by atoms with Gasteiger partial charge in [-0.1, -0.05) is 0 Å². The maximum Gasteiger partial charge on any atom is 0.128 e. The second-order valence-electron chi connectivity index (χ2n) is 4.97. The first-order chi connectivity index (χ1) is 9.63. The summed E-state index contributed by atoms with van der Waals surface area (Å²) >= 11 is 1.51. The van der Waals surface area contributed by atoms with E-state index < -0.39 is 17.7 Å². The van der Waals surface area contributed by atoms with Crippen LogP contribution >= 0.6 is 11.3 Å². The molecule has 3 nitrogen and oxygen atoms in total. The maximum atomic E-state index is 13.9. The minimum atomic E-state index is -0.518. The topological polar surface area (TPSA) is 36.4 Å². The molecule has 1 aromatic carbocycles. The third-order valence-electron chi connectivity index (χ3n) is 3.54. The van der Waals surface area contributed by atoms with Crippen molar-refractivity contribution >= 4 is 11.3 Å². The van der Waals surface area contributed by atoms with Crippen molar-refractivity contribution in [3.63, 3.8) is 0 Å². The van der Waals surface area contributed by atoms with Crippen LogP contribution in [0.2, 0.25) is 0 Å². The van der Waals surface area contributed by atoms with Crippen LogP contribution < -0.4 is 0 Å². The smallest absolute Gasteiger partial charge is 0.128 e. The van der Waals surface area contributed by atoms with Gasteiger partial charge in [0.25, 0.3) is 0 Å². The van der Waals surface area contributed by atoms with Crippen molar-refractivity contribution in [3.8, 4) is 0 Å². The fourth-order valence-electron chi connectivity index (χ4n) is 2.67. The summed E-state index contributed by atoms with van der Waals surface area (Å²) in [5, 5.41) is 9.85. The summed E-state index contributed by atoms with van der Waals surface area (Å²) in [7, 11) is 0. The van der Waals surface area contributed by atoms with E-state index in [-0.39, 0.29) is 6.04 Å². The number of hydrogen-bond acceptors (Lipinski definition) is 4. The molecule has 1 aromatic heterocycles. The number of aliphatic hydroxyl groups excluding tert-OH is 1. The molecule has 0 spiro atoms. The zero-order valence-corrected chi connectivity index (χ0v) is 11.5. The van der Waals surface area contributed by atoms with Crippen LogP contribution in [-0.2, 0) is 6.54 Å². The fourth-order valence-corrected chi connectivity index (χ4v) is 3.29. The molecule has 106 valence electrons. The third kappa shape index (κ3) is 2.72. The molecule has 1 aliphatic heterocycles. The van der Waals surface area contributed by atoms with Crippen molar-refractivity contribution in [2.45, 2.75) is 25.1 Å². The minimum absolute atomic E-state index is 0.303. The van der Waals surface area contributed by atoms with Crippen molar-refractivity contribution in [2.24, 2.45) is 0 Å². The van der Waals surface area contributed by atoms with Gasteiger partial charge in [0.05, 0.1) is 11.6 Å². The molecule has 0 amide bonds. The van der Waals surface area contributed by atoms with Gasteiger partial charge in [0, 0.05) is 35.8 Å². The SMILES string of the molecule is OC1CC(c2cc(F)ccc2F)N(Cc2cncs2)C1. The molecule has 2 heterocycles. The molecular formula is C14H14F2N2OS. The summed E-state index contributed by atoms with van der Waals surface area (Å²) in [4.78, 5) is 7.02. The lowest BCUT2D eigenvalue weighted by atomic mass is 10.0. The molecule has 0 saturated carbocycles. The van der Waals surface area contributed by atoms with Gasteiger partial charge in [0.1, 0.15) is 11.6 Å². The number of likely N-dealkylation sites (tertiary alicyclic amines) is 1. The van der Waals surface area contributed by atoms with Crippen molar-refractivity contribution in [1.29, 1.82) is 0 Å². The van der Waals surface area contributed by atoms with Crippen LogP contribution in [0.25, 0.3) is 0 Å². The molecule has 2 aromatic rings. The number of aliphatic hydroxyl groups is 1. The third-order valence-corrected chi connectivity index (χ3v) is 4.31. The Morgan fingerprint density at radius 2 is 2.25 bits per heavy atom. The number of halogens is 2. The van der Waals surface area contributed by atoms with Crippen LogP contribution in [0, 0.1) is 11.6 Å². The van der Waals surface area contributed by atoms with E-state index in [4.69, 9.17) is 0 Å². The van der Waals surface area contributed by atoms with Gasteiger partial charge in [-0.15, -0.1) is 11.3 Å². The fraction of sp³-hybridized carbons (Fsp3) is 0.357. The molecule has 0 aliphatic carbocycles. The average molecular weight is 296 g/mol. The molecule has 1 saturated heterocycles. The number of nitrogens with zero attached hydrogens (tertiary/aromatic N) is 2. The largest absolute Gasteiger partial charge is 0.392 e. The quantitative estimate of drug-likeness (QED) is 0.946. The Labute approximate surface area is 119 Å². The first-order valence-electron chi connectivity index (χ1n) is 6.38. The van der Waals surface area contributed by atoms with Crippen LogP contribution in [0.5, 0.6) is 0 Å². The molecule has 1 fully saturated rings. The first-order valence-corrected chi connectivity index (χ1v) is 7.26. The summed E-state index contributed by atoms with van der Waals surface area (Å²) < 4.78 is 27.3. The van der Waals surface area contributed by atoms with Crippen molar-refractivity contribution < 1.29 is 13.9 Å². The van der Waals surface area contributed by atoms with Crippen molar-refractivity contribution in [2.75, 3.05) is 6.54 Å². The predicted molar refractivity (Wildman–Crippen MR) is 72.2 cm³/mol. The molecule has 1 N–H and O–H groups in total. The number of β-amino-alcohol motifs (C(OH)–C–C–N with tert-alkyl or cyclic N) is 1. The number of aromatic nitrogens is 1. The highest BCUT2D eigenvalue weighted by Gasteiger charge is 2.33. The highest BCUT2D eigenvalue weighted by atomic mass is 32.1. The van der Waals surface area contributed by atoms with Gasteiger partial charge in [-0.3, -0.25) is 9.88 Å². The number of thiazole rings is 1. The zero-order valence-electron chi connectivity index (χ0n) is 10.7. The van der Waals surface area contributed by atoms with Gasteiger partial charge in [-0.05, 0) is 24.6 Å². The molecule has 0 bridgehead atoms. The Morgan fingerprint density at radius 3 is 3.00 bits per heavy atom. The lowest BCUT2D eigenvalue weighted by Gasteiger charge is -2.24. The highest BCUT2D eigenvalue weighted by molar-refractivity contribution is 7.09. The summed E-state index contributed by atoms with van der Waals surface area (Å²) in [6, 6.07) is 3.16. The Bertz CT molecular complexity index is 591. The van der Waals surface area contributed by atoms with E-state index in [0.29, 0.717) is 25.1 Å². The number of hydrogen-bond donors (Lipinski definition) is 1. The molecule has 6 heteroatoms. The maximum absolute atomic E-state index is 13.9. The van der Waals surface area contributed by atoms with Crippen molar-refractivity contribution in [1.82, 2.24) is 9.88 Å². The summed E-state index contributed by atoms with van der Waals surface area (Å²) in [5.74, 6) is -0.889. The molecule has 3 rings (SSSR count). The normalized spacial score (nSPS) is 23.4. The van der Waals surface area contributed by atoms with E-state index in [1.165, 1.54) is 17.4 Å². The van der Waals surface area contributed by atoms with Gasteiger partial charge in [-0.25, -0.2) is 8.78 Å². The lowest BCUT2D eigenvalue weighted by Crippen LogP contribution is -2.24. The summed E-state index contributed by atoms with van der Waals surface area (Å²) in [6.45, 7) is 1.04. The van der Waals surface area contributed by atoms with Crippen LogP contribution in [0.4, 0.5) is 8.78 Å².